The first-order valence-corrected chi connectivity index (χ1v) is 13.3. The molecule has 1 N–H and O–H groups in total. The van der Waals surface area contributed by atoms with Gasteiger partial charge in [-0.05, 0) is 62.0 Å². The zero-order chi connectivity index (χ0) is 24.7. The molecule has 0 spiro atoms. The van der Waals surface area contributed by atoms with Gasteiger partial charge in [-0.2, -0.15) is 0 Å². The molecule has 0 saturated carbocycles. The van der Waals surface area contributed by atoms with Crippen molar-refractivity contribution in [2.75, 3.05) is 0 Å². The molecule has 0 fully saturated rings. The normalized spacial score (nSPS) is 13.5. The van der Waals surface area contributed by atoms with E-state index in [1.165, 1.54) is 27.4 Å². The fraction of sp³-hybridized carbons (Fsp3) is 0.600. The Hall–Kier alpha value is -1.54. The van der Waals surface area contributed by atoms with Gasteiger partial charge in [0.25, 0.3) is 0 Å². The lowest BCUT2D eigenvalue weighted by Crippen LogP contribution is -2.33. The summed E-state index contributed by atoms with van der Waals surface area (Å²) in [7, 11) is 0.776. The molecule has 0 atom stereocenters. The number of aryl methyl sites for hydroxylation is 1. The largest absolute Gasteiger partial charge is 0.508 e. The number of benzene rings is 2. The third-order valence-electron chi connectivity index (χ3n) is 6.17. The van der Waals surface area contributed by atoms with Crippen LogP contribution >= 0.6 is 0 Å². The number of phenolic OH excluding ortho intramolecular Hbond substituents is 1. The highest BCUT2D eigenvalue weighted by molar-refractivity contribution is 6.54. The van der Waals surface area contributed by atoms with Crippen LogP contribution in [0.5, 0.6) is 5.75 Å². The molecule has 0 saturated heterocycles. The smallest absolute Gasteiger partial charge is 0.119 e. The van der Waals surface area contributed by atoms with Crippen LogP contribution < -0.4 is 5.19 Å². The molecule has 0 aliphatic carbocycles. The van der Waals surface area contributed by atoms with Gasteiger partial charge >= 0.3 is 0 Å². The summed E-state index contributed by atoms with van der Waals surface area (Å²) >= 11 is 0. The number of rotatable bonds is 4. The van der Waals surface area contributed by atoms with Crippen molar-refractivity contribution >= 4 is 14.7 Å². The van der Waals surface area contributed by atoms with E-state index in [1.807, 2.05) is 6.07 Å². The molecule has 0 unspecified atom stereocenters. The van der Waals surface area contributed by atoms with Crippen molar-refractivity contribution in [3.05, 3.63) is 58.1 Å². The summed E-state index contributed by atoms with van der Waals surface area (Å²) < 4.78 is 0. The summed E-state index contributed by atoms with van der Waals surface area (Å²) in [6.07, 6.45) is 1.04. The van der Waals surface area contributed by atoms with E-state index >= 15 is 0 Å². The number of hydrogen-bond donors (Lipinski definition) is 1. The molecule has 1 nitrogen and oxygen atoms in total. The predicted octanol–water partition coefficient (Wildman–Crippen LogP) is 7.57. The number of phenols is 1. The second-order valence-electron chi connectivity index (χ2n) is 13.4. The van der Waals surface area contributed by atoms with Crippen LogP contribution in [0.2, 0.25) is 6.04 Å². The van der Waals surface area contributed by atoms with E-state index in [9.17, 15) is 5.11 Å². The van der Waals surface area contributed by atoms with Gasteiger partial charge in [0.2, 0.25) is 0 Å². The molecule has 0 aromatic heterocycles. The Labute approximate surface area is 200 Å². The molecule has 0 amide bonds. The average molecular weight is 451 g/mol. The van der Waals surface area contributed by atoms with Crippen LogP contribution in [0.25, 0.3) is 0 Å². The lowest BCUT2D eigenvalue weighted by molar-refractivity contribution is 0.442. The van der Waals surface area contributed by atoms with E-state index in [1.54, 1.807) is 0 Å². The minimum absolute atomic E-state index is 0.00899. The van der Waals surface area contributed by atoms with Gasteiger partial charge in [-0.15, -0.1) is 0 Å². The Morgan fingerprint density at radius 1 is 0.656 bits per heavy atom. The first-order valence-electron chi connectivity index (χ1n) is 12.1. The third kappa shape index (κ3) is 6.28. The quantitative estimate of drug-likeness (QED) is 0.476. The first kappa shape index (κ1) is 26.7. The van der Waals surface area contributed by atoms with Crippen LogP contribution in [0, 0.1) is 0 Å². The Morgan fingerprint density at radius 2 is 1.19 bits per heavy atom. The Bertz CT molecular complexity index is 941. The summed E-state index contributed by atoms with van der Waals surface area (Å²) in [5.41, 5.74) is 6.92. The maximum atomic E-state index is 10.8. The van der Waals surface area contributed by atoms with Crippen LogP contribution in [0.4, 0.5) is 0 Å². The van der Waals surface area contributed by atoms with Crippen LogP contribution in [0.3, 0.4) is 0 Å². The van der Waals surface area contributed by atoms with Crippen molar-refractivity contribution < 1.29 is 5.11 Å². The van der Waals surface area contributed by atoms with Crippen molar-refractivity contribution in [1.82, 2.24) is 0 Å². The zero-order valence-corrected chi connectivity index (χ0v) is 23.7. The molecule has 2 heteroatoms. The fourth-order valence-electron chi connectivity index (χ4n) is 4.60. The van der Waals surface area contributed by atoms with E-state index in [2.05, 4.69) is 107 Å². The molecular weight excluding hydrogens is 404 g/mol. The molecule has 0 aliphatic rings. The monoisotopic (exact) mass is 450 g/mol. The second-order valence-corrected chi connectivity index (χ2v) is 14.8. The molecule has 0 heterocycles. The maximum absolute atomic E-state index is 10.8. The van der Waals surface area contributed by atoms with Crippen molar-refractivity contribution in [1.29, 1.82) is 0 Å². The van der Waals surface area contributed by atoms with E-state index in [0.29, 0.717) is 5.75 Å². The van der Waals surface area contributed by atoms with Crippen LogP contribution in [-0.4, -0.2) is 14.6 Å². The molecule has 2 rings (SSSR count). The molecule has 2 radical (unpaired) electrons. The minimum atomic E-state index is -0.0715. The highest BCUT2D eigenvalue weighted by Crippen LogP contribution is 2.38. The highest BCUT2D eigenvalue weighted by Gasteiger charge is 2.28. The molecule has 176 valence electrons. The van der Waals surface area contributed by atoms with Crippen molar-refractivity contribution in [2.24, 2.45) is 0 Å². The predicted molar refractivity (Wildman–Crippen MR) is 143 cm³/mol. The van der Waals surface area contributed by atoms with Gasteiger partial charge in [-0.3, -0.25) is 0 Å². The molecule has 0 bridgehead atoms. The van der Waals surface area contributed by atoms with E-state index < -0.39 is 0 Å². The molecule has 2 aromatic rings. The number of aromatic hydroxyl groups is 1. The average Bonchev–Trinajstić information content (AvgIpc) is 2.59. The molecule has 32 heavy (non-hydrogen) atoms. The lowest BCUT2D eigenvalue weighted by atomic mass is 9.75. The van der Waals surface area contributed by atoms with Crippen molar-refractivity contribution in [3.8, 4) is 5.75 Å². The summed E-state index contributed by atoms with van der Waals surface area (Å²) in [5.74, 6) is 0.432. The van der Waals surface area contributed by atoms with Crippen LogP contribution in [-0.2, 0) is 28.1 Å². The van der Waals surface area contributed by atoms with E-state index in [-0.39, 0.29) is 21.7 Å². The van der Waals surface area contributed by atoms with Gasteiger partial charge in [0.1, 0.15) is 5.75 Å². The fourth-order valence-corrected chi connectivity index (χ4v) is 6.17. The standard InChI is InChI=1S/C30H46OSi/c1-27(2,3)21-14-13-15-25(26(21)30(10,11)12)32-17-16-20-18-23(29(7,8)9)24(31)19-22(20)28(4,5)6/h13-15,18-19,31H,16-17H2,1-12H3. The van der Waals surface area contributed by atoms with Crippen LogP contribution in [0.15, 0.2) is 30.3 Å². The summed E-state index contributed by atoms with van der Waals surface area (Å²) in [4.78, 5) is 0. The molecule has 0 aliphatic heterocycles. The SMILES string of the molecule is CC(C)(C)c1cc(CC[Si]c2cccc(C(C)(C)C)c2C(C)(C)C)c(C(C)(C)C)cc1O. The van der Waals surface area contributed by atoms with Gasteiger partial charge in [-0.1, -0.05) is 119 Å². The number of hydrogen-bond acceptors (Lipinski definition) is 1. The van der Waals surface area contributed by atoms with Gasteiger partial charge in [-0.25, -0.2) is 0 Å². The van der Waals surface area contributed by atoms with Crippen molar-refractivity contribution in [3.63, 3.8) is 0 Å². The van der Waals surface area contributed by atoms with Crippen LogP contribution in [0.1, 0.15) is 111 Å². The Kier molecular flexibility index (Phi) is 7.52. The summed E-state index contributed by atoms with van der Waals surface area (Å²) in [5, 5.41) is 12.3. The van der Waals surface area contributed by atoms with E-state index in [4.69, 9.17) is 0 Å². The summed E-state index contributed by atoms with van der Waals surface area (Å²) in [6, 6.07) is 12.3. The van der Waals surface area contributed by atoms with Gasteiger partial charge in [0.15, 0.2) is 0 Å². The van der Waals surface area contributed by atoms with Gasteiger partial charge in [0.05, 0.1) is 9.52 Å². The van der Waals surface area contributed by atoms with Gasteiger partial charge < -0.3 is 5.11 Å². The lowest BCUT2D eigenvalue weighted by Gasteiger charge is -2.32. The topological polar surface area (TPSA) is 20.2 Å². The van der Waals surface area contributed by atoms with Crippen molar-refractivity contribution in [2.45, 2.75) is 117 Å². The Balaban J connectivity index is 2.43. The summed E-state index contributed by atoms with van der Waals surface area (Å²) in [6.45, 7) is 27.3. The Morgan fingerprint density at radius 3 is 1.66 bits per heavy atom. The molecular formula is C30H46OSi. The van der Waals surface area contributed by atoms with Gasteiger partial charge in [0, 0.05) is 0 Å². The highest BCUT2D eigenvalue weighted by atomic mass is 28.2. The second kappa shape index (κ2) is 9.01. The maximum Gasteiger partial charge on any atom is 0.119 e. The molecule has 2 aromatic carbocycles. The first-order chi connectivity index (χ1) is 14.3. The third-order valence-corrected chi connectivity index (χ3v) is 7.47. The zero-order valence-electron chi connectivity index (χ0n) is 22.7. The van der Waals surface area contributed by atoms with E-state index in [0.717, 1.165) is 27.5 Å². The minimum Gasteiger partial charge on any atom is -0.508 e.